The summed E-state index contributed by atoms with van der Waals surface area (Å²) in [6, 6.07) is 2.07. The maximum atomic E-state index is 9.39. The van der Waals surface area contributed by atoms with Crippen LogP contribution in [-0.4, -0.2) is 45.0 Å². The van der Waals surface area contributed by atoms with Crippen molar-refractivity contribution in [3.63, 3.8) is 0 Å². The molecule has 7 heteroatoms. The number of hydrogen-bond donors (Lipinski definition) is 2. The molecule has 4 rings (SSSR count). The number of aliphatic hydroxyl groups is 1. The Balaban J connectivity index is 1.59. The van der Waals surface area contributed by atoms with E-state index in [1.807, 2.05) is 0 Å². The normalized spacial score (nSPS) is 21.1. The van der Waals surface area contributed by atoms with Crippen molar-refractivity contribution in [2.45, 2.75) is 31.9 Å². The van der Waals surface area contributed by atoms with E-state index in [9.17, 15) is 5.11 Å². The highest BCUT2D eigenvalue weighted by Gasteiger charge is 2.24. The van der Waals surface area contributed by atoms with Gasteiger partial charge in [-0.25, -0.2) is 9.97 Å². The van der Waals surface area contributed by atoms with Gasteiger partial charge in [0, 0.05) is 49.4 Å². The van der Waals surface area contributed by atoms with Gasteiger partial charge in [-0.3, -0.25) is 5.10 Å². The monoisotopic (exact) mass is 301 g/mol. The topological polar surface area (TPSA) is 87.2 Å². The summed E-state index contributed by atoms with van der Waals surface area (Å²) in [5.41, 5.74) is 4.01. The number of nitrogens with zero attached hydrogens (tertiary/aromatic N) is 4. The average Bonchev–Trinajstić information content (AvgIpc) is 3.24. The zero-order chi connectivity index (χ0) is 14.9. The molecule has 0 bridgehead atoms. The maximum Gasteiger partial charge on any atom is 0.132 e. The third kappa shape index (κ3) is 2.36. The molecule has 0 saturated carbocycles. The Kier molecular flexibility index (Phi) is 3.51. The van der Waals surface area contributed by atoms with Crippen molar-refractivity contribution in [2.24, 2.45) is 0 Å². The van der Waals surface area contributed by atoms with Crippen LogP contribution in [0, 0.1) is 0 Å². The SMILES string of the molecule is OCc1n[nH]c2c1CN(c1cc([C@@H]3CCOC3)ncn1)CC2. The molecule has 22 heavy (non-hydrogen) atoms. The fourth-order valence-corrected chi connectivity index (χ4v) is 3.21. The third-order valence-electron chi connectivity index (χ3n) is 4.51. The Morgan fingerprint density at radius 1 is 1.41 bits per heavy atom. The first-order chi connectivity index (χ1) is 10.8. The lowest BCUT2D eigenvalue weighted by Gasteiger charge is -2.28. The Labute approximate surface area is 128 Å². The molecule has 4 heterocycles. The summed E-state index contributed by atoms with van der Waals surface area (Å²) in [4.78, 5) is 11.1. The second kappa shape index (κ2) is 5.66. The van der Waals surface area contributed by atoms with Gasteiger partial charge in [0.05, 0.1) is 24.6 Å². The van der Waals surface area contributed by atoms with Crippen LogP contribution in [0.2, 0.25) is 0 Å². The number of ether oxygens (including phenoxy) is 1. The average molecular weight is 301 g/mol. The van der Waals surface area contributed by atoms with Crippen LogP contribution in [-0.2, 0) is 24.3 Å². The summed E-state index contributed by atoms with van der Waals surface area (Å²) in [7, 11) is 0. The number of hydrogen-bond acceptors (Lipinski definition) is 6. The van der Waals surface area contributed by atoms with Crippen molar-refractivity contribution in [2.75, 3.05) is 24.7 Å². The summed E-state index contributed by atoms with van der Waals surface area (Å²) < 4.78 is 5.45. The predicted molar refractivity (Wildman–Crippen MR) is 79.5 cm³/mol. The summed E-state index contributed by atoms with van der Waals surface area (Å²) in [5, 5.41) is 16.6. The molecule has 0 spiro atoms. The van der Waals surface area contributed by atoms with Gasteiger partial charge in [0.1, 0.15) is 12.1 Å². The molecule has 1 atom stereocenters. The molecule has 2 aromatic rings. The first-order valence-corrected chi connectivity index (χ1v) is 7.65. The number of anilines is 1. The number of aromatic nitrogens is 4. The summed E-state index contributed by atoms with van der Waals surface area (Å²) in [5.74, 6) is 1.32. The van der Waals surface area contributed by atoms with E-state index in [1.54, 1.807) is 6.33 Å². The molecule has 1 fully saturated rings. The quantitative estimate of drug-likeness (QED) is 0.870. The highest BCUT2D eigenvalue weighted by Crippen LogP contribution is 2.28. The number of aromatic amines is 1. The van der Waals surface area contributed by atoms with Gasteiger partial charge in [-0.2, -0.15) is 5.10 Å². The van der Waals surface area contributed by atoms with Gasteiger partial charge in [-0.1, -0.05) is 0 Å². The van der Waals surface area contributed by atoms with Gasteiger partial charge in [-0.05, 0) is 6.42 Å². The van der Waals surface area contributed by atoms with Crippen LogP contribution >= 0.6 is 0 Å². The van der Waals surface area contributed by atoms with Crippen LogP contribution in [0.4, 0.5) is 5.82 Å². The lowest BCUT2D eigenvalue weighted by Crippen LogP contribution is -2.31. The first-order valence-electron chi connectivity index (χ1n) is 7.65. The second-order valence-corrected chi connectivity index (χ2v) is 5.82. The minimum absolute atomic E-state index is 0.0336. The van der Waals surface area contributed by atoms with Crippen LogP contribution in [0.25, 0.3) is 0 Å². The zero-order valence-electron chi connectivity index (χ0n) is 12.3. The number of rotatable bonds is 3. The number of H-pyrrole nitrogens is 1. The van der Waals surface area contributed by atoms with E-state index in [-0.39, 0.29) is 6.61 Å². The molecule has 2 aliphatic rings. The van der Waals surface area contributed by atoms with Gasteiger partial charge in [-0.15, -0.1) is 0 Å². The van der Waals surface area contributed by atoms with Crippen LogP contribution < -0.4 is 4.90 Å². The number of nitrogens with one attached hydrogen (secondary N) is 1. The molecular formula is C15H19N5O2. The van der Waals surface area contributed by atoms with Gasteiger partial charge in [0.2, 0.25) is 0 Å². The zero-order valence-corrected chi connectivity index (χ0v) is 12.3. The number of aliphatic hydroxyl groups excluding tert-OH is 1. The fraction of sp³-hybridized carbons (Fsp3) is 0.533. The van der Waals surface area contributed by atoms with Crippen molar-refractivity contribution in [1.29, 1.82) is 0 Å². The van der Waals surface area contributed by atoms with Crippen molar-refractivity contribution in [3.05, 3.63) is 35.0 Å². The van der Waals surface area contributed by atoms with E-state index >= 15 is 0 Å². The van der Waals surface area contributed by atoms with Gasteiger partial charge >= 0.3 is 0 Å². The Morgan fingerprint density at radius 2 is 2.36 bits per heavy atom. The molecule has 1 saturated heterocycles. The van der Waals surface area contributed by atoms with Gasteiger partial charge in [0.25, 0.3) is 0 Å². The molecule has 0 aromatic carbocycles. The first kappa shape index (κ1) is 13.7. The standard InChI is InChI=1S/C15H19N5O2/c21-7-14-11-6-20(3-1-12(11)18-19-14)15-5-13(16-9-17-15)10-2-4-22-8-10/h5,9-10,21H,1-4,6-8H2,(H,18,19)/t10-/m1/s1. The van der Waals surface area contributed by atoms with E-state index in [2.05, 4.69) is 31.1 Å². The molecular weight excluding hydrogens is 282 g/mol. The molecule has 0 unspecified atom stereocenters. The van der Waals surface area contributed by atoms with Crippen LogP contribution in [0.3, 0.4) is 0 Å². The van der Waals surface area contributed by atoms with Crippen molar-refractivity contribution < 1.29 is 9.84 Å². The molecule has 2 N–H and O–H groups in total. The van der Waals surface area contributed by atoms with Crippen molar-refractivity contribution >= 4 is 5.82 Å². The minimum Gasteiger partial charge on any atom is -0.390 e. The van der Waals surface area contributed by atoms with Crippen molar-refractivity contribution in [3.8, 4) is 0 Å². The smallest absolute Gasteiger partial charge is 0.132 e. The molecule has 0 amide bonds. The number of fused-ring (bicyclic) bond motifs is 1. The second-order valence-electron chi connectivity index (χ2n) is 5.82. The Bertz CT molecular complexity index is 652. The highest BCUT2D eigenvalue weighted by molar-refractivity contribution is 5.44. The lowest BCUT2D eigenvalue weighted by atomic mass is 10.0. The largest absolute Gasteiger partial charge is 0.390 e. The van der Waals surface area contributed by atoms with Gasteiger partial charge in [0.15, 0.2) is 0 Å². The molecule has 116 valence electrons. The Hall–Kier alpha value is -1.99. The lowest BCUT2D eigenvalue weighted by molar-refractivity contribution is 0.193. The van der Waals surface area contributed by atoms with E-state index in [4.69, 9.17) is 4.74 Å². The summed E-state index contributed by atoms with van der Waals surface area (Å²) in [6.07, 6.45) is 3.55. The summed E-state index contributed by atoms with van der Waals surface area (Å²) >= 11 is 0. The summed E-state index contributed by atoms with van der Waals surface area (Å²) in [6.45, 7) is 3.13. The predicted octanol–water partition coefficient (Wildman–Crippen LogP) is 0.759. The molecule has 2 aliphatic heterocycles. The van der Waals surface area contributed by atoms with Crippen LogP contribution in [0.1, 0.15) is 35.0 Å². The van der Waals surface area contributed by atoms with E-state index in [0.717, 1.165) is 67.6 Å². The minimum atomic E-state index is -0.0336. The molecule has 0 aliphatic carbocycles. The molecule has 2 aromatic heterocycles. The highest BCUT2D eigenvalue weighted by atomic mass is 16.5. The molecule has 0 radical (unpaired) electrons. The van der Waals surface area contributed by atoms with E-state index in [0.29, 0.717) is 5.92 Å². The van der Waals surface area contributed by atoms with Crippen LogP contribution in [0.5, 0.6) is 0 Å². The Morgan fingerprint density at radius 3 is 3.18 bits per heavy atom. The maximum absolute atomic E-state index is 9.39. The van der Waals surface area contributed by atoms with Gasteiger partial charge < -0.3 is 14.7 Å². The van der Waals surface area contributed by atoms with Crippen LogP contribution in [0.15, 0.2) is 12.4 Å². The third-order valence-corrected chi connectivity index (χ3v) is 4.51. The molecule has 7 nitrogen and oxygen atoms in total. The van der Waals surface area contributed by atoms with E-state index < -0.39 is 0 Å². The van der Waals surface area contributed by atoms with E-state index in [1.165, 1.54) is 0 Å². The van der Waals surface area contributed by atoms with Crippen molar-refractivity contribution in [1.82, 2.24) is 20.2 Å². The fourth-order valence-electron chi connectivity index (χ4n) is 3.21.